The summed E-state index contributed by atoms with van der Waals surface area (Å²) in [7, 11) is 1.87. The van der Waals surface area contributed by atoms with Gasteiger partial charge >= 0.3 is 0 Å². The molecule has 27 heavy (non-hydrogen) atoms. The van der Waals surface area contributed by atoms with Gasteiger partial charge in [0.2, 0.25) is 0 Å². The monoisotopic (exact) mass is 388 g/mol. The molecule has 138 valence electrons. The van der Waals surface area contributed by atoms with Crippen LogP contribution in [0.2, 0.25) is 0 Å². The van der Waals surface area contributed by atoms with Gasteiger partial charge in [0.05, 0.1) is 0 Å². The molecule has 2 aromatic carbocycles. The Morgan fingerprint density at radius 1 is 1.30 bits per heavy atom. The Labute approximate surface area is 157 Å². The van der Waals surface area contributed by atoms with E-state index in [1.807, 2.05) is 16.2 Å². The fourth-order valence-corrected chi connectivity index (χ4v) is 2.76. The SMILES string of the molecule is C=C/C=C\c1cc(C(=O)NCc2c(F)c(F)c(C#N)c(P)c2F)ccc1C. The minimum Gasteiger partial charge on any atom is -0.348 e. The summed E-state index contributed by atoms with van der Waals surface area (Å²) in [6.45, 7) is 4.89. The number of benzene rings is 2. The van der Waals surface area contributed by atoms with Gasteiger partial charge in [0, 0.05) is 23.0 Å². The van der Waals surface area contributed by atoms with E-state index in [9.17, 15) is 18.0 Å². The zero-order valence-corrected chi connectivity index (χ0v) is 15.6. The van der Waals surface area contributed by atoms with E-state index in [2.05, 4.69) is 11.9 Å². The van der Waals surface area contributed by atoms with E-state index < -0.39 is 41.0 Å². The lowest BCUT2D eigenvalue weighted by atomic mass is 10.0. The maximum Gasteiger partial charge on any atom is 0.251 e. The molecule has 2 rings (SSSR count). The fraction of sp³-hybridized carbons (Fsp3) is 0.100. The Hall–Kier alpha value is -2.90. The van der Waals surface area contributed by atoms with Gasteiger partial charge in [0.15, 0.2) is 11.6 Å². The summed E-state index contributed by atoms with van der Waals surface area (Å²) >= 11 is 0. The highest BCUT2D eigenvalue weighted by molar-refractivity contribution is 7.27. The molecule has 7 heteroatoms. The van der Waals surface area contributed by atoms with E-state index in [4.69, 9.17) is 5.26 Å². The van der Waals surface area contributed by atoms with E-state index in [0.717, 1.165) is 11.1 Å². The molecular formula is C20H16F3N2OP. The number of carbonyl (C=O) groups is 1. The molecule has 0 aliphatic rings. The average Bonchev–Trinajstić information content (AvgIpc) is 2.66. The van der Waals surface area contributed by atoms with E-state index in [0.29, 0.717) is 0 Å². The van der Waals surface area contributed by atoms with Crippen LogP contribution in [0.5, 0.6) is 0 Å². The Morgan fingerprint density at radius 3 is 2.63 bits per heavy atom. The molecule has 1 atom stereocenters. The van der Waals surface area contributed by atoms with Gasteiger partial charge in [-0.1, -0.05) is 30.9 Å². The molecule has 1 N–H and O–H groups in total. The van der Waals surface area contributed by atoms with Crippen molar-refractivity contribution >= 4 is 26.5 Å². The highest BCUT2D eigenvalue weighted by Crippen LogP contribution is 2.20. The molecule has 0 heterocycles. The van der Waals surface area contributed by atoms with Crippen molar-refractivity contribution in [3.8, 4) is 6.07 Å². The summed E-state index contributed by atoms with van der Waals surface area (Å²) in [5, 5.41) is 10.8. The van der Waals surface area contributed by atoms with E-state index >= 15 is 0 Å². The Balaban J connectivity index is 2.28. The van der Waals surface area contributed by atoms with Gasteiger partial charge in [-0.15, -0.1) is 9.24 Å². The topological polar surface area (TPSA) is 52.9 Å². The predicted octanol–water partition coefficient (Wildman–Crippen LogP) is 3.91. The second kappa shape index (κ2) is 8.66. The number of aryl methyl sites for hydroxylation is 1. The number of hydrogen-bond donors (Lipinski definition) is 1. The van der Waals surface area contributed by atoms with Crippen molar-refractivity contribution in [3.05, 3.63) is 82.2 Å². The van der Waals surface area contributed by atoms with E-state index in [1.165, 1.54) is 6.07 Å². The first kappa shape index (κ1) is 20.4. The van der Waals surface area contributed by atoms with Crippen LogP contribution in [0.3, 0.4) is 0 Å². The first-order valence-electron chi connectivity index (χ1n) is 7.84. The van der Waals surface area contributed by atoms with Crippen molar-refractivity contribution in [1.29, 1.82) is 5.26 Å². The second-order valence-electron chi connectivity index (χ2n) is 5.67. The number of rotatable bonds is 5. The van der Waals surface area contributed by atoms with Crippen molar-refractivity contribution in [2.45, 2.75) is 13.5 Å². The van der Waals surface area contributed by atoms with Crippen molar-refractivity contribution in [2.24, 2.45) is 0 Å². The third-order valence-electron chi connectivity index (χ3n) is 3.94. The zero-order valence-electron chi connectivity index (χ0n) is 14.4. The van der Waals surface area contributed by atoms with E-state index in [1.54, 1.807) is 36.4 Å². The van der Waals surface area contributed by atoms with Gasteiger partial charge in [0.1, 0.15) is 17.4 Å². The summed E-state index contributed by atoms with van der Waals surface area (Å²) in [6, 6.07) is 6.35. The highest BCUT2D eigenvalue weighted by atomic mass is 31.0. The third-order valence-corrected chi connectivity index (χ3v) is 4.48. The lowest BCUT2D eigenvalue weighted by Crippen LogP contribution is -2.26. The zero-order chi connectivity index (χ0) is 20.1. The number of nitriles is 1. The predicted molar refractivity (Wildman–Crippen MR) is 102 cm³/mol. The number of hydrogen-bond acceptors (Lipinski definition) is 2. The molecule has 0 bridgehead atoms. The minimum atomic E-state index is -1.49. The highest BCUT2D eigenvalue weighted by Gasteiger charge is 2.23. The summed E-state index contributed by atoms with van der Waals surface area (Å²) in [6.07, 6.45) is 5.08. The quantitative estimate of drug-likeness (QED) is 0.480. The molecule has 0 saturated carbocycles. The first-order chi connectivity index (χ1) is 12.8. The normalized spacial score (nSPS) is 10.7. The first-order valence-corrected chi connectivity index (χ1v) is 8.42. The van der Waals surface area contributed by atoms with Crippen LogP contribution >= 0.6 is 9.24 Å². The van der Waals surface area contributed by atoms with Crippen LogP contribution in [0.1, 0.15) is 32.6 Å². The Bertz CT molecular complexity index is 965. The van der Waals surface area contributed by atoms with Gasteiger partial charge in [-0.05, 0) is 30.2 Å². The van der Waals surface area contributed by atoms with Crippen LogP contribution in [0, 0.1) is 35.7 Å². The van der Waals surface area contributed by atoms with Crippen molar-refractivity contribution in [3.63, 3.8) is 0 Å². The van der Waals surface area contributed by atoms with Crippen LogP contribution in [0.4, 0.5) is 13.2 Å². The number of nitrogens with one attached hydrogen (secondary N) is 1. The lowest BCUT2D eigenvalue weighted by molar-refractivity contribution is 0.0950. The van der Waals surface area contributed by atoms with Crippen LogP contribution in [-0.4, -0.2) is 5.91 Å². The molecular weight excluding hydrogens is 372 g/mol. The summed E-state index contributed by atoms with van der Waals surface area (Å²) in [5.41, 5.74) is 0.636. The molecule has 1 amide bonds. The van der Waals surface area contributed by atoms with Crippen LogP contribution in [-0.2, 0) is 6.54 Å². The standard InChI is InChI=1S/C20H16F3N2OP/c1-3-4-5-12-8-13(7-6-11(12)2)20(26)25-10-15-17(22)16(21)14(9-24)19(27)18(15)23/h3-8H,1,10,27H2,2H3,(H,25,26)/b5-4-. The number of nitrogens with zero attached hydrogens (tertiary/aromatic N) is 1. The Morgan fingerprint density at radius 2 is 2.00 bits per heavy atom. The average molecular weight is 388 g/mol. The molecule has 2 aromatic rings. The maximum atomic E-state index is 14.3. The molecule has 0 fully saturated rings. The van der Waals surface area contributed by atoms with Gasteiger partial charge in [0.25, 0.3) is 5.91 Å². The maximum absolute atomic E-state index is 14.3. The number of halogens is 3. The van der Waals surface area contributed by atoms with Crippen molar-refractivity contribution < 1.29 is 18.0 Å². The second-order valence-corrected chi connectivity index (χ2v) is 6.25. The summed E-state index contributed by atoms with van der Waals surface area (Å²) in [4.78, 5) is 12.3. The molecule has 0 aromatic heterocycles. The van der Waals surface area contributed by atoms with Gasteiger partial charge in [-0.25, -0.2) is 13.2 Å². The van der Waals surface area contributed by atoms with Crippen LogP contribution < -0.4 is 10.6 Å². The van der Waals surface area contributed by atoms with Gasteiger partial charge in [-0.2, -0.15) is 5.26 Å². The largest absolute Gasteiger partial charge is 0.348 e. The molecule has 0 saturated heterocycles. The molecule has 0 spiro atoms. The summed E-state index contributed by atoms with van der Waals surface area (Å²) < 4.78 is 42.2. The molecule has 0 radical (unpaired) electrons. The molecule has 1 unspecified atom stereocenters. The molecule has 0 aliphatic heterocycles. The third kappa shape index (κ3) is 4.27. The molecule has 0 aliphatic carbocycles. The van der Waals surface area contributed by atoms with Crippen molar-refractivity contribution in [2.75, 3.05) is 0 Å². The number of allylic oxidation sites excluding steroid dienone is 2. The number of amides is 1. The van der Waals surface area contributed by atoms with Crippen LogP contribution in [0.25, 0.3) is 6.08 Å². The van der Waals surface area contributed by atoms with Crippen molar-refractivity contribution in [1.82, 2.24) is 5.32 Å². The number of carbonyl (C=O) groups excluding carboxylic acids is 1. The van der Waals surface area contributed by atoms with Gasteiger partial charge < -0.3 is 5.32 Å². The lowest BCUT2D eigenvalue weighted by Gasteiger charge is -2.12. The van der Waals surface area contributed by atoms with E-state index in [-0.39, 0.29) is 10.9 Å². The fourth-order valence-electron chi connectivity index (χ4n) is 2.40. The van der Waals surface area contributed by atoms with Gasteiger partial charge in [-0.3, -0.25) is 4.79 Å². The Kier molecular flexibility index (Phi) is 6.55. The van der Waals surface area contributed by atoms with Crippen LogP contribution in [0.15, 0.2) is 36.9 Å². The smallest absolute Gasteiger partial charge is 0.251 e. The minimum absolute atomic E-state index is 0.283. The molecule has 3 nitrogen and oxygen atoms in total. The summed E-state index contributed by atoms with van der Waals surface area (Å²) in [5.74, 6) is -4.60.